The lowest BCUT2D eigenvalue weighted by molar-refractivity contribution is -0.137. The van der Waals surface area contributed by atoms with Crippen molar-refractivity contribution in [2.45, 2.75) is 103 Å². The van der Waals surface area contributed by atoms with Gasteiger partial charge in [-0.05, 0) is 6.42 Å². The van der Waals surface area contributed by atoms with Gasteiger partial charge in [-0.2, -0.15) is 0 Å². The van der Waals surface area contributed by atoms with Gasteiger partial charge in [0.1, 0.15) is 0 Å². The maximum atomic E-state index is 10.3. The van der Waals surface area contributed by atoms with Crippen LogP contribution in [0.2, 0.25) is 0 Å². The molecule has 0 radical (unpaired) electrons. The Hall–Kier alpha value is -0.570. The topological polar surface area (TPSA) is 72.3 Å². The Morgan fingerprint density at radius 2 is 0.950 bits per heavy atom. The number of aliphatic carboxylic acids is 1. The van der Waals surface area contributed by atoms with E-state index in [-0.39, 0.29) is 6.15 Å². The summed E-state index contributed by atoms with van der Waals surface area (Å²) >= 11 is 0. The van der Waals surface area contributed by atoms with Crippen LogP contribution in [0.15, 0.2) is 0 Å². The monoisotopic (exact) mass is 287 g/mol. The van der Waals surface area contributed by atoms with Crippen molar-refractivity contribution >= 4 is 5.97 Å². The largest absolute Gasteiger partial charge is 0.481 e. The van der Waals surface area contributed by atoms with Crippen LogP contribution in [0.4, 0.5) is 0 Å². The highest BCUT2D eigenvalue weighted by atomic mass is 16.4. The number of rotatable bonds is 15. The number of hydrogen-bond donors (Lipinski definition) is 2. The Bertz CT molecular complexity index is 195. The van der Waals surface area contributed by atoms with E-state index >= 15 is 0 Å². The van der Waals surface area contributed by atoms with Crippen LogP contribution in [0.1, 0.15) is 103 Å². The molecule has 0 aliphatic rings. The first-order valence-electron chi connectivity index (χ1n) is 8.49. The SMILES string of the molecule is CCCCCCCCCCCCCCCCC(=O)O.N. The summed E-state index contributed by atoms with van der Waals surface area (Å²) < 4.78 is 0. The summed E-state index contributed by atoms with van der Waals surface area (Å²) in [5.74, 6) is -0.654. The van der Waals surface area contributed by atoms with Gasteiger partial charge in [0.15, 0.2) is 0 Å². The van der Waals surface area contributed by atoms with Crippen molar-refractivity contribution in [2.24, 2.45) is 0 Å². The predicted molar refractivity (Wildman–Crippen MR) is 87.6 cm³/mol. The first-order chi connectivity index (χ1) is 9.27. The predicted octanol–water partition coefficient (Wildman–Crippen LogP) is 6.10. The van der Waals surface area contributed by atoms with Gasteiger partial charge in [0.2, 0.25) is 0 Å². The molecule has 0 bridgehead atoms. The lowest BCUT2D eigenvalue weighted by atomic mass is 10.0. The van der Waals surface area contributed by atoms with Gasteiger partial charge in [0.05, 0.1) is 0 Å². The molecule has 0 spiro atoms. The number of carboxylic acids is 1. The zero-order chi connectivity index (χ0) is 14.2. The second kappa shape index (κ2) is 18.4. The van der Waals surface area contributed by atoms with Crippen LogP contribution in [0.25, 0.3) is 0 Å². The van der Waals surface area contributed by atoms with E-state index in [2.05, 4.69) is 6.92 Å². The maximum absolute atomic E-state index is 10.3. The normalized spacial score (nSPS) is 10.2. The third kappa shape index (κ3) is 19.8. The van der Waals surface area contributed by atoms with E-state index in [0.29, 0.717) is 6.42 Å². The highest BCUT2D eigenvalue weighted by Crippen LogP contribution is 2.13. The number of unbranched alkanes of at least 4 members (excludes halogenated alkanes) is 13. The summed E-state index contributed by atoms with van der Waals surface area (Å²) in [6.45, 7) is 2.27. The molecule has 0 amide bonds. The van der Waals surface area contributed by atoms with E-state index in [1.54, 1.807) is 0 Å². The van der Waals surface area contributed by atoms with Crippen molar-refractivity contribution in [3.05, 3.63) is 0 Å². The minimum atomic E-state index is -0.654. The highest BCUT2D eigenvalue weighted by molar-refractivity contribution is 5.66. The molecule has 20 heavy (non-hydrogen) atoms. The Morgan fingerprint density at radius 3 is 1.25 bits per heavy atom. The number of carboxylic acid groups (broad SMARTS) is 1. The smallest absolute Gasteiger partial charge is 0.303 e. The molecule has 0 rings (SSSR count). The van der Waals surface area contributed by atoms with E-state index in [1.165, 1.54) is 77.0 Å². The van der Waals surface area contributed by atoms with Crippen LogP contribution in [0.5, 0.6) is 0 Å². The standard InChI is InChI=1S/C17H34O2.H3N/c1-2-3-4-5-6-7-8-9-10-11-12-13-14-15-16-17(18)19;/h2-16H2,1H3,(H,18,19);1H3. The van der Waals surface area contributed by atoms with Crippen LogP contribution in [0, 0.1) is 0 Å². The minimum absolute atomic E-state index is 0. The van der Waals surface area contributed by atoms with Gasteiger partial charge in [0, 0.05) is 6.42 Å². The maximum Gasteiger partial charge on any atom is 0.303 e. The third-order valence-electron chi connectivity index (χ3n) is 3.74. The van der Waals surface area contributed by atoms with Gasteiger partial charge < -0.3 is 11.3 Å². The van der Waals surface area contributed by atoms with E-state index < -0.39 is 5.97 Å². The molecule has 0 heterocycles. The quantitative estimate of drug-likeness (QED) is 0.357. The molecule has 4 N–H and O–H groups in total. The lowest BCUT2D eigenvalue weighted by Crippen LogP contribution is -1.93. The fourth-order valence-electron chi connectivity index (χ4n) is 2.47. The molecule has 0 saturated carbocycles. The third-order valence-corrected chi connectivity index (χ3v) is 3.74. The zero-order valence-electron chi connectivity index (χ0n) is 13.7. The van der Waals surface area contributed by atoms with Crippen molar-refractivity contribution in [2.75, 3.05) is 0 Å². The first kappa shape index (κ1) is 21.7. The van der Waals surface area contributed by atoms with Crippen molar-refractivity contribution < 1.29 is 9.90 Å². The van der Waals surface area contributed by atoms with Gasteiger partial charge in [-0.1, -0.05) is 90.4 Å². The molecule has 0 aromatic heterocycles. The van der Waals surface area contributed by atoms with Crippen LogP contribution in [0.3, 0.4) is 0 Å². The summed E-state index contributed by atoms with van der Waals surface area (Å²) in [6.07, 6.45) is 18.7. The average molecular weight is 287 g/mol. The van der Waals surface area contributed by atoms with E-state index in [1.807, 2.05) is 0 Å². The molecule has 0 aromatic rings. The summed E-state index contributed by atoms with van der Waals surface area (Å²) in [5, 5.41) is 8.50. The van der Waals surface area contributed by atoms with E-state index in [9.17, 15) is 4.79 Å². The van der Waals surface area contributed by atoms with Gasteiger partial charge in [-0.15, -0.1) is 0 Å². The van der Waals surface area contributed by atoms with Crippen LogP contribution in [-0.4, -0.2) is 11.1 Å². The highest BCUT2D eigenvalue weighted by Gasteiger charge is 1.96. The van der Waals surface area contributed by atoms with Gasteiger partial charge >= 0.3 is 5.97 Å². The lowest BCUT2D eigenvalue weighted by Gasteiger charge is -2.02. The molecule has 0 fully saturated rings. The fraction of sp³-hybridized carbons (Fsp3) is 0.941. The molecule has 3 heteroatoms. The molecule has 3 nitrogen and oxygen atoms in total. The molecule has 122 valence electrons. The molecule has 0 atom stereocenters. The van der Waals surface area contributed by atoms with Crippen LogP contribution >= 0.6 is 0 Å². The van der Waals surface area contributed by atoms with Crippen molar-refractivity contribution in [1.82, 2.24) is 6.15 Å². The van der Waals surface area contributed by atoms with Crippen LogP contribution in [-0.2, 0) is 4.79 Å². The van der Waals surface area contributed by atoms with Crippen molar-refractivity contribution in [3.63, 3.8) is 0 Å². The molecule has 0 unspecified atom stereocenters. The minimum Gasteiger partial charge on any atom is -0.481 e. The van der Waals surface area contributed by atoms with Crippen molar-refractivity contribution in [3.8, 4) is 0 Å². The first-order valence-corrected chi connectivity index (χ1v) is 8.49. The Kier molecular flexibility index (Phi) is 20.0. The fourth-order valence-corrected chi connectivity index (χ4v) is 2.47. The molecule has 0 aliphatic heterocycles. The Labute approximate surface area is 126 Å². The Morgan fingerprint density at radius 1 is 0.650 bits per heavy atom. The van der Waals surface area contributed by atoms with Gasteiger partial charge in [-0.25, -0.2) is 0 Å². The van der Waals surface area contributed by atoms with E-state index in [4.69, 9.17) is 5.11 Å². The summed E-state index contributed by atoms with van der Waals surface area (Å²) in [4.78, 5) is 10.3. The summed E-state index contributed by atoms with van der Waals surface area (Å²) in [6, 6.07) is 0. The van der Waals surface area contributed by atoms with E-state index in [0.717, 1.165) is 12.8 Å². The Balaban J connectivity index is 0. The summed E-state index contributed by atoms with van der Waals surface area (Å²) in [5.41, 5.74) is 0. The zero-order valence-corrected chi connectivity index (χ0v) is 13.7. The molecule has 0 aliphatic carbocycles. The average Bonchev–Trinajstić information content (AvgIpc) is 2.39. The van der Waals surface area contributed by atoms with Crippen LogP contribution < -0.4 is 6.15 Å². The molecule has 0 saturated heterocycles. The van der Waals surface area contributed by atoms with Crippen molar-refractivity contribution in [1.29, 1.82) is 0 Å². The molecule has 0 aromatic carbocycles. The van der Waals surface area contributed by atoms with Gasteiger partial charge in [-0.3, -0.25) is 4.79 Å². The second-order valence-electron chi connectivity index (χ2n) is 5.74. The second-order valence-corrected chi connectivity index (χ2v) is 5.74. The number of hydrogen-bond acceptors (Lipinski definition) is 2. The number of carbonyl (C=O) groups is 1. The molecular formula is C17H37NO2. The summed E-state index contributed by atoms with van der Waals surface area (Å²) in [7, 11) is 0. The van der Waals surface area contributed by atoms with Gasteiger partial charge in [0.25, 0.3) is 0 Å². The molecular weight excluding hydrogens is 250 g/mol.